The van der Waals surface area contributed by atoms with Gasteiger partial charge in [0.05, 0.1) is 0 Å². The van der Waals surface area contributed by atoms with Crippen LogP contribution in [-0.2, 0) is 4.79 Å². The van der Waals surface area contributed by atoms with E-state index in [1.165, 1.54) is 0 Å². The predicted molar refractivity (Wildman–Crippen MR) is 99.6 cm³/mol. The molecule has 0 spiro atoms. The van der Waals surface area contributed by atoms with E-state index in [-0.39, 0.29) is 24.5 Å². The van der Waals surface area contributed by atoms with Gasteiger partial charge >= 0.3 is 0 Å². The highest BCUT2D eigenvalue weighted by Crippen LogP contribution is 2.25. The van der Waals surface area contributed by atoms with Crippen molar-refractivity contribution in [2.75, 3.05) is 18.5 Å². The number of benzene rings is 1. The minimum Gasteiger partial charge on any atom is -0.396 e. The summed E-state index contributed by atoms with van der Waals surface area (Å²) in [7, 11) is 0. The third-order valence-electron chi connectivity index (χ3n) is 4.67. The molecule has 5 heteroatoms. The van der Waals surface area contributed by atoms with E-state index in [2.05, 4.69) is 5.32 Å². The number of hydrogen-bond donors (Lipinski definition) is 2. The molecule has 1 heterocycles. The molecule has 1 saturated heterocycles. The normalized spacial score (nSPS) is 17.2. The summed E-state index contributed by atoms with van der Waals surface area (Å²) >= 11 is 0. The molecule has 0 aliphatic carbocycles. The van der Waals surface area contributed by atoms with E-state index in [1.54, 1.807) is 6.07 Å². The van der Waals surface area contributed by atoms with Crippen molar-refractivity contribution in [3.05, 3.63) is 29.3 Å². The molecule has 5 nitrogen and oxygen atoms in total. The fraction of sp³-hybridized carbons (Fsp3) is 0.600. The lowest BCUT2D eigenvalue weighted by Gasteiger charge is -2.25. The number of anilines is 1. The Kier molecular flexibility index (Phi) is 7.00. The van der Waals surface area contributed by atoms with E-state index in [4.69, 9.17) is 5.11 Å². The topological polar surface area (TPSA) is 69.6 Å². The minimum atomic E-state index is 0.000729. The highest BCUT2D eigenvalue weighted by molar-refractivity contribution is 5.97. The van der Waals surface area contributed by atoms with Crippen LogP contribution in [0, 0.1) is 12.8 Å². The fourth-order valence-electron chi connectivity index (χ4n) is 3.40. The number of carbonyl (C=O) groups is 2. The van der Waals surface area contributed by atoms with Crippen molar-refractivity contribution in [1.29, 1.82) is 0 Å². The first-order chi connectivity index (χ1) is 11.9. The van der Waals surface area contributed by atoms with Crippen molar-refractivity contribution in [1.82, 2.24) is 4.90 Å². The van der Waals surface area contributed by atoms with E-state index >= 15 is 0 Å². The molecule has 25 heavy (non-hydrogen) atoms. The SMILES string of the molecule is Cc1cc(C(=O)N2CCCC2CCCO)ccc1NC(=O)CC(C)C. The van der Waals surface area contributed by atoms with Crippen LogP contribution in [0.5, 0.6) is 0 Å². The van der Waals surface area contributed by atoms with Gasteiger partial charge in [0.1, 0.15) is 0 Å². The van der Waals surface area contributed by atoms with Gasteiger partial charge < -0.3 is 15.3 Å². The summed E-state index contributed by atoms with van der Waals surface area (Å²) in [4.78, 5) is 26.7. The van der Waals surface area contributed by atoms with Crippen molar-refractivity contribution in [2.45, 2.75) is 58.9 Å². The number of aryl methyl sites for hydroxylation is 1. The van der Waals surface area contributed by atoms with Crippen LogP contribution in [0.15, 0.2) is 18.2 Å². The Balaban J connectivity index is 2.06. The molecule has 0 saturated carbocycles. The summed E-state index contributed by atoms with van der Waals surface area (Å²) in [6.07, 6.45) is 4.09. The number of nitrogens with zero attached hydrogens (tertiary/aromatic N) is 1. The van der Waals surface area contributed by atoms with Gasteiger partial charge in [0, 0.05) is 36.9 Å². The molecule has 1 atom stereocenters. The molecule has 138 valence electrons. The monoisotopic (exact) mass is 346 g/mol. The second-order valence-electron chi connectivity index (χ2n) is 7.34. The van der Waals surface area contributed by atoms with Crippen molar-refractivity contribution >= 4 is 17.5 Å². The van der Waals surface area contributed by atoms with Gasteiger partial charge in [0.15, 0.2) is 0 Å². The van der Waals surface area contributed by atoms with Crippen molar-refractivity contribution in [3.8, 4) is 0 Å². The molecule has 1 aliphatic heterocycles. The van der Waals surface area contributed by atoms with Crippen molar-refractivity contribution in [3.63, 3.8) is 0 Å². The molecule has 2 amide bonds. The maximum Gasteiger partial charge on any atom is 0.254 e. The molecule has 1 fully saturated rings. The van der Waals surface area contributed by atoms with Crippen LogP contribution in [0.1, 0.15) is 61.9 Å². The predicted octanol–water partition coefficient (Wildman–Crippen LogP) is 3.36. The third kappa shape index (κ3) is 5.30. The highest BCUT2D eigenvalue weighted by Gasteiger charge is 2.29. The molecule has 2 rings (SSSR count). The van der Waals surface area contributed by atoms with Crippen LogP contribution < -0.4 is 5.32 Å². The van der Waals surface area contributed by atoms with E-state index in [1.807, 2.05) is 37.8 Å². The third-order valence-corrected chi connectivity index (χ3v) is 4.67. The Bertz CT molecular complexity index is 613. The second kappa shape index (κ2) is 8.99. The number of aliphatic hydroxyl groups excluding tert-OH is 1. The van der Waals surface area contributed by atoms with E-state index in [9.17, 15) is 9.59 Å². The average molecular weight is 346 g/mol. The summed E-state index contributed by atoms with van der Waals surface area (Å²) < 4.78 is 0. The molecule has 1 aromatic rings. The van der Waals surface area contributed by atoms with Crippen molar-refractivity contribution < 1.29 is 14.7 Å². The smallest absolute Gasteiger partial charge is 0.254 e. The number of rotatable bonds is 7. The molecule has 2 N–H and O–H groups in total. The lowest BCUT2D eigenvalue weighted by Crippen LogP contribution is -2.35. The summed E-state index contributed by atoms with van der Waals surface area (Å²) in [6.45, 7) is 6.88. The molecule has 1 unspecified atom stereocenters. The number of likely N-dealkylation sites (tertiary alicyclic amines) is 1. The molecule has 0 bridgehead atoms. The van der Waals surface area contributed by atoms with Gasteiger partial charge in [-0.3, -0.25) is 9.59 Å². The Hall–Kier alpha value is -1.88. The number of amides is 2. The number of hydrogen-bond acceptors (Lipinski definition) is 3. The molecule has 0 radical (unpaired) electrons. The highest BCUT2D eigenvalue weighted by atomic mass is 16.3. The van der Waals surface area contributed by atoms with Gasteiger partial charge in [-0.05, 0) is 62.3 Å². The van der Waals surface area contributed by atoms with Gasteiger partial charge in [-0.15, -0.1) is 0 Å². The van der Waals surface area contributed by atoms with Crippen LogP contribution in [-0.4, -0.2) is 41.0 Å². The summed E-state index contributed by atoms with van der Waals surface area (Å²) in [6, 6.07) is 5.70. The standard InChI is InChI=1S/C20H30N2O3/c1-14(2)12-19(24)21-18-9-8-16(13-15(18)3)20(25)22-10-4-6-17(22)7-5-11-23/h8-9,13-14,17,23H,4-7,10-12H2,1-3H3,(H,21,24). The Morgan fingerprint density at radius 3 is 2.76 bits per heavy atom. The molecule has 1 aromatic carbocycles. The zero-order valence-corrected chi connectivity index (χ0v) is 15.5. The van der Waals surface area contributed by atoms with Gasteiger partial charge in [-0.25, -0.2) is 0 Å². The van der Waals surface area contributed by atoms with E-state index in [0.717, 1.165) is 43.5 Å². The quantitative estimate of drug-likeness (QED) is 0.795. The molecule has 1 aliphatic rings. The second-order valence-corrected chi connectivity index (χ2v) is 7.34. The molecular formula is C20H30N2O3. The van der Waals surface area contributed by atoms with E-state index in [0.29, 0.717) is 17.9 Å². The number of carbonyl (C=O) groups excluding carboxylic acids is 2. The maximum absolute atomic E-state index is 12.8. The summed E-state index contributed by atoms with van der Waals surface area (Å²) in [5, 5.41) is 11.9. The van der Waals surface area contributed by atoms with Crippen LogP contribution in [0.2, 0.25) is 0 Å². The molecular weight excluding hydrogens is 316 g/mol. The fourth-order valence-corrected chi connectivity index (χ4v) is 3.40. The summed E-state index contributed by atoms with van der Waals surface area (Å²) in [5.74, 6) is 0.358. The first-order valence-corrected chi connectivity index (χ1v) is 9.24. The van der Waals surface area contributed by atoms with Crippen molar-refractivity contribution in [2.24, 2.45) is 5.92 Å². The lowest BCUT2D eigenvalue weighted by molar-refractivity contribution is -0.116. The average Bonchev–Trinajstić information content (AvgIpc) is 3.01. The first kappa shape index (κ1) is 19.4. The van der Waals surface area contributed by atoms with Gasteiger partial charge in [-0.1, -0.05) is 13.8 Å². The van der Waals surface area contributed by atoms with Gasteiger partial charge in [0.2, 0.25) is 5.91 Å². The molecule has 0 aromatic heterocycles. The number of aliphatic hydroxyl groups is 1. The number of nitrogens with one attached hydrogen (secondary N) is 1. The zero-order chi connectivity index (χ0) is 18.4. The Morgan fingerprint density at radius 2 is 2.12 bits per heavy atom. The van der Waals surface area contributed by atoms with Gasteiger partial charge in [0.25, 0.3) is 5.91 Å². The van der Waals surface area contributed by atoms with E-state index < -0.39 is 0 Å². The maximum atomic E-state index is 12.8. The first-order valence-electron chi connectivity index (χ1n) is 9.24. The van der Waals surface area contributed by atoms with Crippen LogP contribution in [0.3, 0.4) is 0 Å². The van der Waals surface area contributed by atoms with Crippen LogP contribution in [0.4, 0.5) is 5.69 Å². The summed E-state index contributed by atoms with van der Waals surface area (Å²) in [5.41, 5.74) is 2.32. The zero-order valence-electron chi connectivity index (χ0n) is 15.5. The minimum absolute atomic E-state index is 0.000729. The Labute approximate surface area is 150 Å². The van der Waals surface area contributed by atoms with Gasteiger partial charge in [-0.2, -0.15) is 0 Å². The Morgan fingerprint density at radius 1 is 1.36 bits per heavy atom. The lowest BCUT2D eigenvalue weighted by atomic mass is 10.1. The largest absolute Gasteiger partial charge is 0.396 e. The van der Waals surface area contributed by atoms with Crippen LogP contribution >= 0.6 is 0 Å². The van der Waals surface area contributed by atoms with Crippen LogP contribution in [0.25, 0.3) is 0 Å².